The maximum absolute atomic E-state index is 3.69. The zero-order chi connectivity index (χ0) is 14.7. The highest BCUT2D eigenvalue weighted by molar-refractivity contribution is 9.11. The molecule has 0 amide bonds. The fraction of sp³-hybridized carbons (Fsp3) is 0.412. The van der Waals surface area contributed by atoms with Crippen molar-refractivity contribution >= 4 is 27.3 Å². The molecule has 1 atom stereocenters. The molecule has 0 bridgehead atoms. The zero-order valence-corrected chi connectivity index (χ0v) is 15.0. The smallest absolute Gasteiger partial charge is 0.0702 e. The van der Waals surface area contributed by atoms with Gasteiger partial charge in [-0.1, -0.05) is 19.1 Å². The van der Waals surface area contributed by atoms with E-state index in [0.717, 1.165) is 13.0 Å². The van der Waals surface area contributed by atoms with Crippen LogP contribution in [0.4, 0.5) is 0 Å². The van der Waals surface area contributed by atoms with E-state index in [9.17, 15) is 0 Å². The molecule has 2 rings (SSSR count). The van der Waals surface area contributed by atoms with E-state index in [4.69, 9.17) is 0 Å². The summed E-state index contributed by atoms with van der Waals surface area (Å²) < 4.78 is 1.19. The van der Waals surface area contributed by atoms with Crippen LogP contribution in [0.5, 0.6) is 0 Å². The summed E-state index contributed by atoms with van der Waals surface area (Å²) in [5.74, 6) is 0. The van der Waals surface area contributed by atoms with Gasteiger partial charge in [-0.3, -0.25) is 0 Å². The molecule has 1 N–H and O–H groups in total. The van der Waals surface area contributed by atoms with Crippen molar-refractivity contribution < 1.29 is 0 Å². The van der Waals surface area contributed by atoms with Gasteiger partial charge >= 0.3 is 0 Å². The third kappa shape index (κ3) is 3.51. The second kappa shape index (κ2) is 6.88. The van der Waals surface area contributed by atoms with Crippen molar-refractivity contribution in [3.63, 3.8) is 0 Å². The summed E-state index contributed by atoms with van der Waals surface area (Å²) in [4.78, 5) is 1.37. The fourth-order valence-corrected chi connectivity index (χ4v) is 3.95. The van der Waals surface area contributed by atoms with Gasteiger partial charge in [0, 0.05) is 4.88 Å². The predicted octanol–water partition coefficient (Wildman–Crippen LogP) is 5.52. The van der Waals surface area contributed by atoms with E-state index >= 15 is 0 Å². The Morgan fingerprint density at radius 3 is 2.40 bits per heavy atom. The van der Waals surface area contributed by atoms with Gasteiger partial charge in [0.2, 0.25) is 0 Å². The van der Waals surface area contributed by atoms with Crippen LogP contribution in [0.3, 0.4) is 0 Å². The topological polar surface area (TPSA) is 12.0 Å². The molecule has 3 heteroatoms. The van der Waals surface area contributed by atoms with Gasteiger partial charge in [-0.2, -0.15) is 0 Å². The molecule has 20 heavy (non-hydrogen) atoms. The number of aryl methyl sites for hydroxylation is 3. The van der Waals surface area contributed by atoms with Crippen molar-refractivity contribution in [2.45, 2.75) is 40.2 Å². The highest BCUT2D eigenvalue weighted by Gasteiger charge is 2.18. The Labute approximate surface area is 134 Å². The van der Waals surface area contributed by atoms with E-state index in [1.807, 2.05) is 11.3 Å². The number of rotatable bonds is 5. The van der Waals surface area contributed by atoms with Crippen LogP contribution in [0.1, 0.15) is 46.5 Å². The van der Waals surface area contributed by atoms with Crippen molar-refractivity contribution in [2.24, 2.45) is 0 Å². The molecule has 1 aromatic heterocycles. The van der Waals surface area contributed by atoms with Crippen molar-refractivity contribution in [3.8, 4) is 0 Å². The molecule has 1 aromatic carbocycles. The highest BCUT2D eigenvalue weighted by Crippen LogP contribution is 2.33. The first-order valence-electron chi connectivity index (χ1n) is 7.09. The van der Waals surface area contributed by atoms with E-state index in [-0.39, 0.29) is 0 Å². The molecule has 0 aliphatic rings. The Morgan fingerprint density at radius 1 is 1.10 bits per heavy atom. The van der Waals surface area contributed by atoms with Gasteiger partial charge in [-0.15, -0.1) is 11.3 Å². The third-order valence-electron chi connectivity index (χ3n) is 3.67. The van der Waals surface area contributed by atoms with Gasteiger partial charge in [0.25, 0.3) is 0 Å². The van der Waals surface area contributed by atoms with E-state index in [1.54, 1.807) is 0 Å². The van der Waals surface area contributed by atoms with Gasteiger partial charge < -0.3 is 5.32 Å². The molecule has 0 aliphatic heterocycles. The third-order valence-corrected chi connectivity index (χ3v) is 5.36. The minimum absolute atomic E-state index is 0.297. The SMILES string of the molecule is CCCNC(c1ccc(Br)s1)c1cc(C)c(C)cc1C. The summed E-state index contributed by atoms with van der Waals surface area (Å²) in [6, 6.07) is 9.29. The molecule has 0 radical (unpaired) electrons. The van der Waals surface area contributed by atoms with E-state index in [1.165, 1.54) is 30.9 Å². The highest BCUT2D eigenvalue weighted by atomic mass is 79.9. The van der Waals surface area contributed by atoms with Crippen LogP contribution >= 0.6 is 27.3 Å². The van der Waals surface area contributed by atoms with Gasteiger partial charge in [-0.05, 0) is 84.1 Å². The van der Waals surface area contributed by atoms with Crippen LogP contribution in [-0.2, 0) is 0 Å². The molecule has 1 unspecified atom stereocenters. The van der Waals surface area contributed by atoms with Crippen LogP contribution in [0.2, 0.25) is 0 Å². The van der Waals surface area contributed by atoms with Crippen LogP contribution in [0.25, 0.3) is 0 Å². The lowest BCUT2D eigenvalue weighted by Crippen LogP contribution is -2.23. The zero-order valence-electron chi connectivity index (χ0n) is 12.6. The Kier molecular flexibility index (Phi) is 5.42. The van der Waals surface area contributed by atoms with Crippen LogP contribution in [0.15, 0.2) is 28.1 Å². The first-order valence-corrected chi connectivity index (χ1v) is 8.70. The summed E-state index contributed by atoms with van der Waals surface area (Å²) in [5.41, 5.74) is 5.50. The Morgan fingerprint density at radius 2 is 1.80 bits per heavy atom. The molecule has 0 fully saturated rings. The Bertz CT molecular complexity index is 589. The average Bonchev–Trinajstić information content (AvgIpc) is 2.82. The summed E-state index contributed by atoms with van der Waals surface area (Å²) in [7, 11) is 0. The summed E-state index contributed by atoms with van der Waals surface area (Å²) in [6.07, 6.45) is 1.15. The standard InChI is InChI=1S/C17H22BrNS/c1-5-8-19-17(15-6-7-16(18)20-15)14-10-12(3)11(2)9-13(14)4/h6-7,9-10,17,19H,5,8H2,1-4H3. The molecule has 1 nitrogen and oxygen atoms in total. The summed E-state index contributed by atoms with van der Waals surface area (Å²) in [5, 5.41) is 3.69. The lowest BCUT2D eigenvalue weighted by molar-refractivity contribution is 0.603. The second-order valence-electron chi connectivity index (χ2n) is 5.32. The quantitative estimate of drug-likeness (QED) is 0.747. The normalized spacial score (nSPS) is 12.7. The summed E-state index contributed by atoms with van der Waals surface area (Å²) in [6.45, 7) is 9.83. The lowest BCUT2D eigenvalue weighted by Gasteiger charge is -2.21. The molecular weight excluding hydrogens is 330 g/mol. The number of nitrogens with one attached hydrogen (secondary N) is 1. The largest absolute Gasteiger partial charge is 0.306 e. The Hall–Kier alpha value is -0.640. The molecule has 2 aromatic rings. The van der Waals surface area contributed by atoms with Gasteiger partial charge in [0.05, 0.1) is 9.83 Å². The predicted molar refractivity (Wildman–Crippen MR) is 92.8 cm³/mol. The molecular formula is C17H22BrNS. The van der Waals surface area contributed by atoms with Crippen molar-refractivity contribution in [2.75, 3.05) is 6.54 Å². The van der Waals surface area contributed by atoms with Crippen LogP contribution in [-0.4, -0.2) is 6.54 Å². The monoisotopic (exact) mass is 351 g/mol. The second-order valence-corrected chi connectivity index (χ2v) is 7.82. The molecule has 108 valence electrons. The molecule has 0 aliphatic carbocycles. The first kappa shape index (κ1) is 15.7. The van der Waals surface area contributed by atoms with Crippen molar-refractivity contribution in [1.29, 1.82) is 0 Å². The first-order chi connectivity index (χ1) is 9.52. The average molecular weight is 352 g/mol. The summed E-state index contributed by atoms with van der Waals surface area (Å²) >= 11 is 5.39. The number of hydrogen-bond acceptors (Lipinski definition) is 2. The van der Waals surface area contributed by atoms with Crippen LogP contribution in [0, 0.1) is 20.8 Å². The maximum atomic E-state index is 3.69. The van der Waals surface area contributed by atoms with Gasteiger partial charge in [0.15, 0.2) is 0 Å². The number of hydrogen-bond donors (Lipinski definition) is 1. The number of thiophene rings is 1. The minimum Gasteiger partial charge on any atom is -0.306 e. The molecule has 0 saturated heterocycles. The molecule has 1 heterocycles. The number of benzene rings is 1. The Balaban J connectivity index is 2.43. The van der Waals surface area contributed by atoms with E-state index in [2.05, 4.69) is 73.2 Å². The fourth-order valence-electron chi connectivity index (χ4n) is 2.43. The molecule has 0 saturated carbocycles. The van der Waals surface area contributed by atoms with E-state index in [0.29, 0.717) is 6.04 Å². The van der Waals surface area contributed by atoms with Crippen molar-refractivity contribution in [3.05, 3.63) is 55.2 Å². The minimum atomic E-state index is 0.297. The maximum Gasteiger partial charge on any atom is 0.0702 e. The van der Waals surface area contributed by atoms with Crippen LogP contribution < -0.4 is 5.32 Å². The lowest BCUT2D eigenvalue weighted by atomic mass is 9.95. The van der Waals surface area contributed by atoms with E-state index < -0.39 is 0 Å². The molecule has 0 spiro atoms. The number of halogens is 1. The van der Waals surface area contributed by atoms with Gasteiger partial charge in [-0.25, -0.2) is 0 Å². The van der Waals surface area contributed by atoms with Gasteiger partial charge in [0.1, 0.15) is 0 Å². The van der Waals surface area contributed by atoms with Crippen molar-refractivity contribution in [1.82, 2.24) is 5.32 Å².